The first-order valence-electron chi connectivity index (χ1n) is 4.88. The normalized spacial score (nSPS) is 10.4. The molecule has 0 aliphatic rings. The maximum absolute atomic E-state index is 4.39. The third kappa shape index (κ3) is 1.95. The van der Waals surface area contributed by atoms with Crippen LogP contribution in [0.3, 0.4) is 0 Å². The van der Waals surface area contributed by atoms with Crippen molar-refractivity contribution in [3.63, 3.8) is 0 Å². The predicted octanol–water partition coefficient (Wildman–Crippen LogP) is 2.88. The minimum atomic E-state index is 0.447. The minimum absolute atomic E-state index is 0.447. The van der Waals surface area contributed by atoms with Crippen LogP contribution in [0.5, 0.6) is 0 Å². The Labute approximate surface area is 86.3 Å². The van der Waals surface area contributed by atoms with E-state index in [0.29, 0.717) is 6.04 Å². The van der Waals surface area contributed by atoms with Gasteiger partial charge in [-0.05, 0) is 32.4 Å². The zero-order chi connectivity index (χ0) is 10.7. The summed E-state index contributed by atoms with van der Waals surface area (Å²) in [5.74, 6) is 1.01. The molecule has 0 aliphatic carbocycles. The Balaban J connectivity index is 3.20. The summed E-state index contributed by atoms with van der Waals surface area (Å²) in [7, 11) is 2.06. The number of rotatable bonds is 3. The molecule has 0 saturated carbocycles. The van der Waals surface area contributed by atoms with E-state index >= 15 is 0 Å². The van der Waals surface area contributed by atoms with Gasteiger partial charge in [0.2, 0.25) is 0 Å². The maximum Gasteiger partial charge on any atom is 0.136 e. The zero-order valence-corrected chi connectivity index (χ0v) is 9.41. The molecular formula is C12H18N2. The largest absolute Gasteiger partial charge is 0.357 e. The molecule has 14 heavy (non-hydrogen) atoms. The van der Waals surface area contributed by atoms with Gasteiger partial charge in [-0.2, -0.15) is 0 Å². The third-order valence-corrected chi connectivity index (χ3v) is 2.50. The second-order valence-electron chi connectivity index (χ2n) is 3.77. The number of anilines is 1. The highest BCUT2D eigenvalue weighted by Crippen LogP contribution is 2.22. The first-order valence-corrected chi connectivity index (χ1v) is 4.88. The molecule has 0 unspecified atom stereocenters. The lowest BCUT2D eigenvalue weighted by molar-refractivity contribution is 0.742. The SMILES string of the molecule is C=Cc1c(C)ccnc1N(C)C(C)C. The average Bonchev–Trinajstić information content (AvgIpc) is 2.16. The van der Waals surface area contributed by atoms with Gasteiger partial charge in [0.1, 0.15) is 5.82 Å². The van der Waals surface area contributed by atoms with Crippen LogP contribution in [0.25, 0.3) is 6.08 Å². The Kier molecular flexibility index (Phi) is 3.28. The van der Waals surface area contributed by atoms with Crippen LogP contribution >= 0.6 is 0 Å². The van der Waals surface area contributed by atoms with E-state index in [0.717, 1.165) is 11.4 Å². The lowest BCUT2D eigenvalue weighted by atomic mass is 10.1. The predicted molar refractivity (Wildman–Crippen MR) is 62.6 cm³/mol. The third-order valence-electron chi connectivity index (χ3n) is 2.50. The summed E-state index contributed by atoms with van der Waals surface area (Å²) in [6.07, 6.45) is 3.72. The van der Waals surface area contributed by atoms with E-state index in [1.54, 1.807) is 0 Å². The van der Waals surface area contributed by atoms with Gasteiger partial charge in [-0.3, -0.25) is 0 Å². The van der Waals surface area contributed by atoms with E-state index in [4.69, 9.17) is 0 Å². The molecule has 0 fully saturated rings. The molecule has 0 N–H and O–H groups in total. The molecule has 1 rings (SSSR count). The van der Waals surface area contributed by atoms with Crippen LogP contribution < -0.4 is 4.90 Å². The van der Waals surface area contributed by atoms with Crippen LogP contribution in [0.2, 0.25) is 0 Å². The highest BCUT2D eigenvalue weighted by atomic mass is 15.2. The van der Waals surface area contributed by atoms with Gasteiger partial charge in [0.25, 0.3) is 0 Å². The van der Waals surface area contributed by atoms with Crippen molar-refractivity contribution in [3.05, 3.63) is 30.0 Å². The lowest BCUT2D eigenvalue weighted by Gasteiger charge is -2.24. The molecule has 0 spiro atoms. The van der Waals surface area contributed by atoms with Crippen LogP contribution in [0, 0.1) is 6.92 Å². The van der Waals surface area contributed by atoms with Crippen molar-refractivity contribution in [1.82, 2.24) is 4.98 Å². The first kappa shape index (κ1) is 10.8. The van der Waals surface area contributed by atoms with Crippen molar-refractivity contribution >= 4 is 11.9 Å². The molecule has 0 atom stereocenters. The highest BCUT2D eigenvalue weighted by Gasteiger charge is 2.10. The molecule has 0 saturated heterocycles. The Morgan fingerprint density at radius 2 is 2.14 bits per heavy atom. The highest BCUT2D eigenvalue weighted by molar-refractivity contribution is 5.65. The van der Waals surface area contributed by atoms with Crippen LogP contribution in [0.1, 0.15) is 25.0 Å². The molecule has 0 aromatic carbocycles. The smallest absolute Gasteiger partial charge is 0.136 e. The fraction of sp³-hybridized carbons (Fsp3) is 0.417. The second-order valence-corrected chi connectivity index (χ2v) is 3.77. The number of aromatic nitrogens is 1. The molecule has 1 heterocycles. The van der Waals surface area contributed by atoms with Crippen molar-refractivity contribution in [3.8, 4) is 0 Å². The summed E-state index contributed by atoms with van der Waals surface area (Å²) in [6, 6.07) is 2.46. The molecule has 2 nitrogen and oxygen atoms in total. The second kappa shape index (κ2) is 4.27. The van der Waals surface area contributed by atoms with Crippen molar-refractivity contribution in [2.75, 3.05) is 11.9 Å². The molecule has 76 valence electrons. The lowest BCUT2D eigenvalue weighted by Crippen LogP contribution is -2.27. The standard InChI is InChI=1S/C12H18N2/c1-6-11-10(4)7-8-13-12(11)14(5)9(2)3/h6-9H,1H2,2-5H3. The number of nitrogens with zero attached hydrogens (tertiary/aromatic N) is 2. The molecule has 1 aromatic heterocycles. The fourth-order valence-corrected chi connectivity index (χ4v) is 1.33. The van der Waals surface area contributed by atoms with Crippen molar-refractivity contribution < 1.29 is 0 Å². The summed E-state index contributed by atoms with van der Waals surface area (Å²) in [5.41, 5.74) is 2.35. The van der Waals surface area contributed by atoms with E-state index in [2.05, 4.69) is 44.3 Å². The molecule has 0 aliphatic heterocycles. The van der Waals surface area contributed by atoms with Crippen molar-refractivity contribution in [2.24, 2.45) is 0 Å². The molecule has 1 aromatic rings. The monoisotopic (exact) mass is 190 g/mol. The Morgan fingerprint density at radius 1 is 1.50 bits per heavy atom. The topological polar surface area (TPSA) is 16.1 Å². The van der Waals surface area contributed by atoms with Crippen molar-refractivity contribution in [1.29, 1.82) is 0 Å². The van der Waals surface area contributed by atoms with E-state index in [1.165, 1.54) is 5.56 Å². The van der Waals surface area contributed by atoms with Gasteiger partial charge in [0.15, 0.2) is 0 Å². The molecule has 0 amide bonds. The summed E-state index contributed by atoms with van der Waals surface area (Å²) in [6.45, 7) is 10.2. The number of hydrogen-bond donors (Lipinski definition) is 0. The summed E-state index contributed by atoms with van der Waals surface area (Å²) in [4.78, 5) is 6.54. The van der Waals surface area contributed by atoms with Gasteiger partial charge in [0, 0.05) is 24.8 Å². The van der Waals surface area contributed by atoms with Crippen molar-refractivity contribution in [2.45, 2.75) is 26.8 Å². The van der Waals surface area contributed by atoms with Crippen LogP contribution in [0.4, 0.5) is 5.82 Å². The Hall–Kier alpha value is -1.31. The summed E-state index contributed by atoms with van der Waals surface area (Å²) >= 11 is 0. The quantitative estimate of drug-likeness (QED) is 0.728. The zero-order valence-electron chi connectivity index (χ0n) is 9.41. The molecule has 0 bridgehead atoms. The molecule has 2 heteroatoms. The summed E-state index contributed by atoms with van der Waals surface area (Å²) < 4.78 is 0. The van der Waals surface area contributed by atoms with E-state index in [1.807, 2.05) is 18.3 Å². The molecular weight excluding hydrogens is 172 g/mol. The van der Waals surface area contributed by atoms with Crippen LogP contribution in [-0.4, -0.2) is 18.1 Å². The minimum Gasteiger partial charge on any atom is -0.357 e. The van der Waals surface area contributed by atoms with E-state index in [-0.39, 0.29) is 0 Å². The van der Waals surface area contributed by atoms with E-state index in [9.17, 15) is 0 Å². The fourth-order valence-electron chi connectivity index (χ4n) is 1.33. The number of aryl methyl sites for hydroxylation is 1. The van der Waals surface area contributed by atoms with Crippen LogP contribution in [-0.2, 0) is 0 Å². The van der Waals surface area contributed by atoms with Crippen LogP contribution in [0.15, 0.2) is 18.8 Å². The number of hydrogen-bond acceptors (Lipinski definition) is 2. The van der Waals surface area contributed by atoms with Gasteiger partial charge < -0.3 is 4.90 Å². The Bertz CT molecular complexity index is 329. The Morgan fingerprint density at radius 3 is 2.64 bits per heavy atom. The first-order chi connectivity index (χ1) is 6.57. The van der Waals surface area contributed by atoms with Gasteiger partial charge in [0.05, 0.1) is 0 Å². The van der Waals surface area contributed by atoms with Gasteiger partial charge in [-0.25, -0.2) is 4.98 Å². The summed E-state index contributed by atoms with van der Waals surface area (Å²) in [5, 5.41) is 0. The van der Waals surface area contributed by atoms with Gasteiger partial charge in [-0.1, -0.05) is 12.7 Å². The van der Waals surface area contributed by atoms with E-state index < -0.39 is 0 Å². The number of pyridine rings is 1. The van der Waals surface area contributed by atoms with Gasteiger partial charge in [-0.15, -0.1) is 0 Å². The van der Waals surface area contributed by atoms with Gasteiger partial charge >= 0.3 is 0 Å². The average molecular weight is 190 g/mol. The maximum atomic E-state index is 4.39. The molecule has 0 radical (unpaired) electrons.